The number of carbonyl (C=O) groups excluding carboxylic acids is 2. The molecule has 104 valence electrons. The molecule has 1 rings (SSSR count). The lowest BCUT2D eigenvalue weighted by molar-refractivity contribution is -0.133. The Labute approximate surface area is 107 Å². The maximum atomic E-state index is 11.9. The molecular weight excluding hydrogens is 236 g/mol. The molecule has 0 saturated carbocycles. The second-order valence-electron chi connectivity index (χ2n) is 4.56. The van der Waals surface area contributed by atoms with Crippen molar-refractivity contribution in [3.05, 3.63) is 0 Å². The first-order valence-corrected chi connectivity index (χ1v) is 6.42. The van der Waals surface area contributed by atoms with Crippen LogP contribution in [0.4, 0.5) is 0 Å². The summed E-state index contributed by atoms with van der Waals surface area (Å²) in [6.45, 7) is 3.58. The minimum Gasteiger partial charge on any atom is -0.394 e. The number of nitrogens with one attached hydrogen (secondary N) is 1. The van der Waals surface area contributed by atoms with Crippen molar-refractivity contribution in [2.24, 2.45) is 0 Å². The number of aliphatic hydroxyl groups is 2. The van der Waals surface area contributed by atoms with Gasteiger partial charge in [0.1, 0.15) is 0 Å². The van der Waals surface area contributed by atoms with Gasteiger partial charge in [-0.1, -0.05) is 13.8 Å². The van der Waals surface area contributed by atoms with Crippen molar-refractivity contribution in [3.8, 4) is 0 Å². The Morgan fingerprint density at radius 1 is 1.39 bits per heavy atom. The van der Waals surface area contributed by atoms with E-state index in [1.165, 1.54) is 4.90 Å². The van der Waals surface area contributed by atoms with Gasteiger partial charge in [-0.3, -0.25) is 9.59 Å². The largest absolute Gasteiger partial charge is 0.394 e. The van der Waals surface area contributed by atoms with Gasteiger partial charge in [0.25, 0.3) is 0 Å². The van der Waals surface area contributed by atoms with Gasteiger partial charge < -0.3 is 20.4 Å². The summed E-state index contributed by atoms with van der Waals surface area (Å²) in [7, 11) is 0. The molecule has 1 saturated heterocycles. The molecule has 0 bridgehead atoms. The zero-order chi connectivity index (χ0) is 13.7. The first-order valence-electron chi connectivity index (χ1n) is 6.42. The Balaban J connectivity index is 2.70. The van der Waals surface area contributed by atoms with Crippen molar-refractivity contribution in [2.45, 2.75) is 51.3 Å². The Hall–Kier alpha value is -1.14. The number of likely N-dealkylation sites (tertiary alicyclic amines) is 1. The number of amides is 2. The highest BCUT2D eigenvalue weighted by molar-refractivity contribution is 5.78. The van der Waals surface area contributed by atoms with Gasteiger partial charge in [-0.25, -0.2) is 0 Å². The third kappa shape index (κ3) is 3.20. The molecule has 1 aliphatic rings. The van der Waals surface area contributed by atoms with Crippen LogP contribution in [0.2, 0.25) is 0 Å². The van der Waals surface area contributed by atoms with E-state index in [1.807, 2.05) is 6.92 Å². The number of rotatable bonds is 5. The van der Waals surface area contributed by atoms with Crippen molar-refractivity contribution in [1.82, 2.24) is 10.2 Å². The average molecular weight is 258 g/mol. The smallest absolute Gasteiger partial charge is 0.223 e. The fourth-order valence-electron chi connectivity index (χ4n) is 2.20. The van der Waals surface area contributed by atoms with Crippen molar-refractivity contribution < 1.29 is 19.8 Å². The van der Waals surface area contributed by atoms with Gasteiger partial charge >= 0.3 is 0 Å². The Bertz CT molecular complexity index is 308. The van der Waals surface area contributed by atoms with Crippen LogP contribution in [0.5, 0.6) is 0 Å². The topological polar surface area (TPSA) is 89.9 Å². The number of hydrogen-bond donors (Lipinski definition) is 3. The molecule has 1 aliphatic heterocycles. The number of hydrogen-bond acceptors (Lipinski definition) is 4. The van der Waals surface area contributed by atoms with Crippen LogP contribution in [0.25, 0.3) is 0 Å². The zero-order valence-corrected chi connectivity index (χ0v) is 10.9. The van der Waals surface area contributed by atoms with Crippen molar-refractivity contribution in [3.63, 3.8) is 0 Å². The highest BCUT2D eigenvalue weighted by Crippen LogP contribution is 2.20. The Kier molecular flexibility index (Phi) is 5.55. The maximum absolute atomic E-state index is 11.9. The van der Waals surface area contributed by atoms with Crippen molar-refractivity contribution >= 4 is 11.8 Å². The van der Waals surface area contributed by atoms with E-state index in [0.29, 0.717) is 12.8 Å². The first kappa shape index (κ1) is 14.9. The lowest BCUT2D eigenvalue weighted by Crippen LogP contribution is -2.45. The molecule has 0 unspecified atom stereocenters. The third-order valence-corrected chi connectivity index (χ3v) is 3.24. The highest BCUT2D eigenvalue weighted by atomic mass is 16.3. The summed E-state index contributed by atoms with van der Waals surface area (Å²) >= 11 is 0. The van der Waals surface area contributed by atoms with Crippen molar-refractivity contribution in [1.29, 1.82) is 0 Å². The maximum Gasteiger partial charge on any atom is 0.223 e. The predicted molar refractivity (Wildman–Crippen MR) is 65.7 cm³/mol. The molecule has 1 heterocycles. The van der Waals surface area contributed by atoms with Crippen molar-refractivity contribution in [2.75, 3.05) is 13.2 Å². The lowest BCUT2D eigenvalue weighted by atomic mass is 10.1. The molecular formula is C12H22N2O4. The summed E-state index contributed by atoms with van der Waals surface area (Å²) in [4.78, 5) is 24.6. The molecule has 6 nitrogen and oxygen atoms in total. The van der Waals surface area contributed by atoms with Crippen LogP contribution in [-0.4, -0.2) is 58.3 Å². The Morgan fingerprint density at radius 2 is 2.06 bits per heavy atom. The van der Waals surface area contributed by atoms with Gasteiger partial charge in [0.05, 0.1) is 24.8 Å². The first-order chi connectivity index (χ1) is 8.54. The van der Waals surface area contributed by atoms with Crippen LogP contribution >= 0.6 is 0 Å². The van der Waals surface area contributed by atoms with E-state index >= 15 is 0 Å². The molecule has 1 fully saturated rings. The van der Waals surface area contributed by atoms with Gasteiger partial charge in [-0.05, 0) is 6.42 Å². The van der Waals surface area contributed by atoms with Gasteiger partial charge in [-0.15, -0.1) is 0 Å². The van der Waals surface area contributed by atoms with E-state index in [4.69, 9.17) is 0 Å². The minimum absolute atomic E-state index is 0.0937. The number of nitrogens with zero attached hydrogens (tertiary/aromatic N) is 1. The summed E-state index contributed by atoms with van der Waals surface area (Å²) in [5.74, 6) is -0.260. The lowest BCUT2D eigenvalue weighted by Gasteiger charge is -2.23. The van der Waals surface area contributed by atoms with E-state index < -0.39 is 18.2 Å². The molecule has 3 atom stereocenters. The highest BCUT2D eigenvalue weighted by Gasteiger charge is 2.42. The van der Waals surface area contributed by atoms with E-state index in [2.05, 4.69) is 5.32 Å². The normalized spacial score (nSPS) is 27.3. The van der Waals surface area contributed by atoms with Crippen LogP contribution in [0.1, 0.15) is 33.1 Å². The zero-order valence-electron chi connectivity index (χ0n) is 10.9. The summed E-state index contributed by atoms with van der Waals surface area (Å²) in [5.41, 5.74) is 0. The molecule has 6 heteroatoms. The molecule has 0 radical (unpaired) electrons. The fraction of sp³-hybridized carbons (Fsp3) is 0.833. The van der Waals surface area contributed by atoms with Gasteiger partial charge in [0.15, 0.2) is 0 Å². The van der Waals surface area contributed by atoms with Crippen LogP contribution in [-0.2, 0) is 9.59 Å². The molecule has 0 aromatic heterocycles. The molecule has 0 aromatic carbocycles. The average Bonchev–Trinajstić information content (AvgIpc) is 2.66. The molecule has 0 aromatic rings. The second-order valence-corrected chi connectivity index (χ2v) is 4.56. The number of carbonyl (C=O) groups is 2. The van der Waals surface area contributed by atoms with Crippen LogP contribution in [0.15, 0.2) is 0 Å². The second kappa shape index (κ2) is 6.70. The molecule has 0 aliphatic carbocycles. The van der Waals surface area contributed by atoms with Crippen LogP contribution in [0, 0.1) is 0 Å². The van der Waals surface area contributed by atoms with E-state index in [9.17, 15) is 19.8 Å². The molecule has 18 heavy (non-hydrogen) atoms. The summed E-state index contributed by atoms with van der Waals surface area (Å²) in [5, 5.41) is 22.0. The number of aliphatic hydroxyl groups excluding tert-OH is 2. The standard InChI is InChI=1S/C12H22N2O4/c1-3-5-11(17)14-6-8(13-10(16)4-2)12(18)9(14)7-15/h8-9,12,15,18H,3-7H2,1-2H3,(H,13,16)/t8-,9-,12+/m0/s1. The van der Waals surface area contributed by atoms with Gasteiger partial charge in [-0.2, -0.15) is 0 Å². The monoisotopic (exact) mass is 258 g/mol. The summed E-state index contributed by atoms with van der Waals surface area (Å²) in [6.07, 6.45) is 0.523. The van der Waals surface area contributed by atoms with Gasteiger partial charge in [0.2, 0.25) is 11.8 Å². The van der Waals surface area contributed by atoms with Gasteiger partial charge in [0, 0.05) is 19.4 Å². The summed E-state index contributed by atoms with van der Waals surface area (Å²) in [6, 6.07) is -1.11. The van der Waals surface area contributed by atoms with E-state index in [1.54, 1.807) is 6.92 Å². The quantitative estimate of drug-likeness (QED) is 0.605. The van der Waals surface area contributed by atoms with Crippen LogP contribution < -0.4 is 5.32 Å². The van der Waals surface area contributed by atoms with E-state index in [0.717, 1.165) is 6.42 Å². The third-order valence-electron chi connectivity index (χ3n) is 3.24. The molecule has 3 N–H and O–H groups in total. The van der Waals surface area contributed by atoms with E-state index in [-0.39, 0.29) is 25.0 Å². The fourth-order valence-corrected chi connectivity index (χ4v) is 2.20. The predicted octanol–water partition coefficient (Wildman–Crippen LogP) is -0.755. The molecule has 2 amide bonds. The van der Waals surface area contributed by atoms with Crippen LogP contribution in [0.3, 0.4) is 0 Å². The minimum atomic E-state index is -0.911. The SMILES string of the molecule is CCCC(=O)N1C[C@H](NC(=O)CC)[C@@H](O)[C@@H]1CO. The Morgan fingerprint density at radius 3 is 2.56 bits per heavy atom. The molecule has 0 spiro atoms. The summed E-state index contributed by atoms with van der Waals surface area (Å²) < 4.78 is 0.